The second-order valence-electron chi connectivity index (χ2n) is 12.4. The molecule has 6 heterocycles. The summed E-state index contributed by atoms with van der Waals surface area (Å²) in [5.74, 6) is 0.717. The number of aromatic amines is 2. The Morgan fingerprint density at radius 3 is 1.22 bits per heavy atom. The number of imidazole rings is 2. The first-order chi connectivity index (χ1) is 24.6. The van der Waals surface area contributed by atoms with Gasteiger partial charge in [-0.25, -0.2) is 9.97 Å². The molecule has 232 valence electrons. The molecule has 0 bridgehead atoms. The van der Waals surface area contributed by atoms with Crippen LogP contribution >= 0.6 is 0 Å². The molecule has 6 aromatic heterocycles. The zero-order valence-electron chi connectivity index (χ0n) is 25.9. The van der Waals surface area contributed by atoms with Crippen LogP contribution in [0.3, 0.4) is 0 Å². The molecule has 0 unspecified atom stereocenters. The Morgan fingerprint density at radius 1 is 0.400 bits per heavy atom. The number of ketones is 2. The number of carbonyl (C=O) groups is 2. The third-order valence-corrected chi connectivity index (χ3v) is 9.70. The summed E-state index contributed by atoms with van der Waals surface area (Å²) < 4.78 is 0. The van der Waals surface area contributed by atoms with Crippen molar-refractivity contribution in [3.05, 3.63) is 132 Å². The van der Waals surface area contributed by atoms with Crippen LogP contribution in [-0.4, -0.2) is 51.4 Å². The minimum absolute atomic E-state index is 0.204. The number of carbonyl (C=O) groups excluding carboxylic acids is 2. The van der Waals surface area contributed by atoms with Gasteiger partial charge in [0.1, 0.15) is 11.6 Å². The van der Waals surface area contributed by atoms with E-state index in [1.165, 1.54) is 0 Å². The molecule has 1 aliphatic carbocycles. The minimum atomic E-state index is -0.237. The number of nitrogens with zero attached hydrogens (tertiary/aromatic N) is 6. The highest BCUT2D eigenvalue weighted by Crippen LogP contribution is 2.37. The third-order valence-electron chi connectivity index (χ3n) is 9.70. The van der Waals surface area contributed by atoms with E-state index in [1.807, 2.05) is 60.7 Å². The molecule has 2 N–H and O–H groups in total. The van der Waals surface area contributed by atoms with Gasteiger partial charge in [0.25, 0.3) is 0 Å². The van der Waals surface area contributed by atoms with Crippen LogP contribution in [0.4, 0.5) is 0 Å². The summed E-state index contributed by atoms with van der Waals surface area (Å²) in [6, 6.07) is 26.1. The van der Waals surface area contributed by atoms with Crippen LogP contribution < -0.4 is 0 Å². The second kappa shape index (κ2) is 9.68. The molecular formula is C40H20N8O2. The highest BCUT2D eigenvalue weighted by molar-refractivity contribution is 6.29. The number of fused-ring (bicyclic) bond motifs is 14. The summed E-state index contributed by atoms with van der Waals surface area (Å²) in [7, 11) is 0. The lowest BCUT2D eigenvalue weighted by atomic mass is 9.82. The van der Waals surface area contributed by atoms with Crippen LogP contribution in [0.15, 0.2) is 110 Å². The van der Waals surface area contributed by atoms with Crippen LogP contribution in [0.1, 0.15) is 31.8 Å². The standard InChI is InChI=1S/C40H20N8O2/c49-37-21-11-9-19(39-45-33-23-5-1-13-41-29(23)30-24(34(33)46-39)6-2-14-42-30)17-27(21)38(50)28-18-20(10-12-22(28)37)40-47-35-25-7-3-15-43-31(25)32-26(36(35)48-40)8-4-16-44-32/h1-18H,(H,45,46)(H,47,48). The lowest BCUT2D eigenvalue weighted by Crippen LogP contribution is -2.21. The molecule has 1 aliphatic rings. The van der Waals surface area contributed by atoms with Gasteiger partial charge in [0.05, 0.1) is 44.1 Å². The molecule has 0 saturated heterocycles. The highest BCUT2D eigenvalue weighted by atomic mass is 16.1. The predicted molar refractivity (Wildman–Crippen MR) is 191 cm³/mol. The van der Waals surface area contributed by atoms with Gasteiger partial charge in [0.2, 0.25) is 0 Å². The van der Waals surface area contributed by atoms with Gasteiger partial charge < -0.3 is 9.97 Å². The first-order valence-electron chi connectivity index (χ1n) is 16.0. The largest absolute Gasteiger partial charge is 0.337 e. The molecule has 0 radical (unpaired) electrons. The molecule has 0 spiro atoms. The summed E-state index contributed by atoms with van der Waals surface area (Å²) in [4.78, 5) is 63.3. The van der Waals surface area contributed by atoms with Crippen LogP contribution in [0.2, 0.25) is 0 Å². The van der Waals surface area contributed by atoms with Gasteiger partial charge in [-0.15, -0.1) is 0 Å². The Balaban J connectivity index is 1.05. The van der Waals surface area contributed by atoms with Gasteiger partial charge in [0, 0.05) is 79.7 Å². The number of nitrogens with one attached hydrogen (secondary N) is 2. The van der Waals surface area contributed by atoms with E-state index in [4.69, 9.17) is 9.97 Å². The maximum absolute atomic E-state index is 14.2. The number of H-pyrrole nitrogens is 2. The smallest absolute Gasteiger partial charge is 0.194 e. The van der Waals surface area contributed by atoms with Crippen molar-refractivity contribution in [2.75, 3.05) is 0 Å². The number of benzene rings is 4. The lowest BCUT2D eigenvalue weighted by Gasteiger charge is -2.18. The highest BCUT2D eigenvalue weighted by Gasteiger charge is 2.31. The summed E-state index contributed by atoms with van der Waals surface area (Å²) in [6.45, 7) is 0. The Hall–Kier alpha value is -7.20. The minimum Gasteiger partial charge on any atom is -0.337 e. The van der Waals surface area contributed by atoms with E-state index in [0.29, 0.717) is 45.0 Å². The van der Waals surface area contributed by atoms with E-state index >= 15 is 0 Å². The fourth-order valence-electron chi connectivity index (χ4n) is 7.41. The number of rotatable bonds is 2. The molecule has 11 rings (SSSR count). The van der Waals surface area contributed by atoms with Crippen LogP contribution in [0.25, 0.3) is 88.5 Å². The van der Waals surface area contributed by atoms with E-state index in [2.05, 4.69) is 29.9 Å². The van der Waals surface area contributed by atoms with E-state index < -0.39 is 0 Å². The average molecular weight is 645 g/mol. The zero-order chi connectivity index (χ0) is 33.1. The number of hydrogen-bond acceptors (Lipinski definition) is 8. The summed E-state index contributed by atoms with van der Waals surface area (Å²) in [6.07, 6.45) is 7.00. The van der Waals surface area contributed by atoms with Gasteiger partial charge in [-0.1, -0.05) is 12.1 Å². The van der Waals surface area contributed by atoms with E-state index in [-0.39, 0.29) is 11.6 Å². The SMILES string of the molecule is O=C1c2ccc(-c3nc4c5cccnc5c5ncccc5c4[nH]3)cc2C(=O)c2cc(-c3nc4c5cccnc5c5ncccc5c4[nH]3)ccc21. The molecule has 0 atom stereocenters. The van der Waals surface area contributed by atoms with Crippen molar-refractivity contribution in [3.8, 4) is 22.8 Å². The summed E-state index contributed by atoms with van der Waals surface area (Å²) in [5.41, 5.74) is 9.04. The maximum atomic E-state index is 14.2. The number of hydrogen-bond donors (Lipinski definition) is 2. The Bertz CT molecular complexity index is 2810. The van der Waals surface area contributed by atoms with Crippen molar-refractivity contribution in [1.29, 1.82) is 0 Å². The van der Waals surface area contributed by atoms with E-state index in [1.54, 1.807) is 49.1 Å². The molecule has 10 aromatic rings. The monoisotopic (exact) mass is 644 g/mol. The molecule has 0 aliphatic heterocycles. The van der Waals surface area contributed by atoms with Crippen molar-refractivity contribution in [2.45, 2.75) is 0 Å². The summed E-state index contributed by atoms with van der Waals surface area (Å²) in [5, 5.41) is 3.55. The maximum Gasteiger partial charge on any atom is 0.194 e. The molecule has 10 nitrogen and oxygen atoms in total. The Morgan fingerprint density at radius 2 is 0.780 bits per heavy atom. The molecule has 4 aromatic carbocycles. The van der Waals surface area contributed by atoms with Crippen molar-refractivity contribution >= 4 is 77.2 Å². The Labute approximate surface area is 280 Å². The van der Waals surface area contributed by atoms with Gasteiger partial charge in [-0.3, -0.25) is 29.5 Å². The predicted octanol–water partition coefficient (Wildman–Crippen LogP) is 7.74. The van der Waals surface area contributed by atoms with Crippen LogP contribution in [0, 0.1) is 0 Å². The lowest BCUT2D eigenvalue weighted by molar-refractivity contribution is 0.0979. The van der Waals surface area contributed by atoms with Crippen molar-refractivity contribution in [2.24, 2.45) is 0 Å². The van der Waals surface area contributed by atoms with Crippen LogP contribution in [-0.2, 0) is 0 Å². The molecular weight excluding hydrogens is 624 g/mol. The first-order valence-corrected chi connectivity index (χ1v) is 16.0. The number of pyridine rings is 4. The van der Waals surface area contributed by atoms with Gasteiger partial charge in [-0.2, -0.15) is 0 Å². The fourth-order valence-corrected chi connectivity index (χ4v) is 7.41. The normalized spacial score (nSPS) is 12.9. The topological polar surface area (TPSA) is 143 Å². The molecule has 50 heavy (non-hydrogen) atoms. The van der Waals surface area contributed by atoms with E-state index in [0.717, 1.165) is 65.7 Å². The quantitative estimate of drug-likeness (QED) is 0.182. The third kappa shape index (κ3) is 3.56. The second-order valence-corrected chi connectivity index (χ2v) is 12.4. The van der Waals surface area contributed by atoms with Crippen LogP contribution in [0.5, 0.6) is 0 Å². The summed E-state index contributed by atoms with van der Waals surface area (Å²) >= 11 is 0. The van der Waals surface area contributed by atoms with E-state index in [9.17, 15) is 9.59 Å². The number of aromatic nitrogens is 8. The van der Waals surface area contributed by atoms with Gasteiger partial charge >= 0.3 is 0 Å². The van der Waals surface area contributed by atoms with Crippen molar-refractivity contribution in [3.63, 3.8) is 0 Å². The molecule has 0 fully saturated rings. The fraction of sp³-hybridized carbons (Fsp3) is 0. The molecule has 0 saturated carbocycles. The molecule has 10 heteroatoms. The first kappa shape index (κ1) is 26.8. The molecule has 0 amide bonds. The van der Waals surface area contributed by atoms with Gasteiger partial charge in [-0.05, 0) is 72.8 Å². The average Bonchev–Trinajstić information content (AvgIpc) is 3.84. The van der Waals surface area contributed by atoms with Gasteiger partial charge in [0.15, 0.2) is 11.6 Å². The zero-order valence-corrected chi connectivity index (χ0v) is 25.9. The van der Waals surface area contributed by atoms with Crippen molar-refractivity contribution < 1.29 is 9.59 Å². The Kier molecular flexibility index (Phi) is 5.19. The van der Waals surface area contributed by atoms with Crippen molar-refractivity contribution in [1.82, 2.24) is 39.9 Å².